The zero-order chi connectivity index (χ0) is 30.2. The van der Waals surface area contributed by atoms with Crippen LogP contribution in [0.5, 0.6) is 17.2 Å². The van der Waals surface area contributed by atoms with Crippen LogP contribution in [0.25, 0.3) is 60.9 Å². The van der Waals surface area contributed by atoms with Crippen LogP contribution < -0.4 is 20.3 Å². The van der Waals surface area contributed by atoms with E-state index in [-0.39, 0.29) is 6.92 Å². The van der Waals surface area contributed by atoms with Crippen LogP contribution in [-0.4, -0.2) is 11.5 Å². The lowest BCUT2D eigenvalue weighted by atomic mass is 9.50. The zero-order valence-corrected chi connectivity index (χ0v) is 24.9. The van der Waals surface area contributed by atoms with Gasteiger partial charge in [0.05, 0.1) is 11.0 Å². The summed E-state index contributed by atoms with van der Waals surface area (Å²) in [6.07, 6.45) is 0. The van der Waals surface area contributed by atoms with Gasteiger partial charge < -0.3 is 14.0 Å². The SMILES string of the molecule is c1ccc(-c2ccc3c(c2)B2Oc4ccccc4-c4cc(-c5cccc(-n6c7ccccc7c7ccccc76)c5)cc(c42)O3)cc1. The molecule has 0 saturated heterocycles. The monoisotopic (exact) mass is 587 g/mol. The van der Waals surface area contributed by atoms with Crippen molar-refractivity contribution in [1.82, 2.24) is 4.57 Å². The molecule has 3 heterocycles. The third kappa shape index (κ3) is 3.74. The minimum Gasteiger partial charge on any atom is -0.551 e. The fourth-order valence-corrected chi connectivity index (χ4v) is 7.37. The maximum atomic E-state index is 6.77. The van der Waals surface area contributed by atoms with Gasteiger partial charge in [0.15, 0.2) is 0 Å². The molecule has 0 fully saturated rings. The highest BCUT2D eigenvalue weighted by Gasteiger charge is 2.41. The molecule has 7 aromatic carbocycles. The Labute approximate surface area is 267 Å². The molecule has 10 rings (SSSR count). The Morgan fingerprint density at radius 3 is 1.96 bits per heavy atom. The summed E-state index contributed by atoms with van der Waals surface area (Å²) in [4.78, 5) is 0. The van der Waals surface area contributed by atoms with Crippen LogP contribution in [0.15, 0.2) is 158 Å². The van der Waals surface area contributed by atoms with Crippen molar-refractivity contribution in [3.63, 3.8) is 0 Å². The molecule has 0 amide bonds. The van der Waals surface area contributed by atoms with Gasteiger partial charge in [0.25, 0.3) is 0 Å². The topological polar surface area (TPSA) is 23.4 Å². The Morgan fingerprint density at radius 1 is 0.435 bits per heavy atom. The first-order chi connectivity index (χ1) is 22.8. The highest BCUT2D eigenvalue weighted by molar-refractivity contribution is 6.84. The molecular weight excluding hydrogens is 561 g/mol. The summed E-state index contributed by atoms with van der Waals surface area (Å²) in [5.41, 5.74) is 12.4. The lowest BCUT2D eigenvalue weighted by Crippen LogP contribution is -2.53. The predicted molar refractivity (Wildman–Crippen MR) is 189 cm³/mol. The number of hydrogen-bond donors (Lipinski definition) is 0. The molecule has 0 saturated carbocycles. The van der Waals surface area contributed by atoms with Gasteiger partial charge >= 0.3 is 6.92 Å². The fourth-order valence-electron chi connectivity index (χ4n) is 7.37. The van der Waals surface area contributed by atoms with Crippen LogP contribution in [0, 0.1) is 0 Å². The largest absolute Gasteiger partial charge is 0.551 e. The van der Waals surface area contributed by atoms with Crippen LogP contribution in [-0.2, 0) is 0 Å². The molecule has 0 bridgehead atoms. The van der Waals surface area contributed by atoms with Crippen LogP contribution in [0.1, 0.15) is 0 Å². The number of aromatic nitrogens is 1. The van der Waals surface area contributed by atoms with E-state index in [1.54, 1.807) is 0 Å². The molecule has 1 aromatic heterocycles. The molecule has 2 aliphatic heterocycles. The van der Waals surface area contributed by atoms with E-state index in [2.05, 4.69) is 150 Å². The molecule has 0 atom stereocenters. The second-order valence-corrected chi connectivity index (χ2v) is 12.1. The van der Waals surface area contributed by atoms with Crippen molar-refractivity contribution in [3.05, 3.63) is 158 Å². The highest BCUT2D eigenvalue weighted by Crippen LogP contribution is 2.42. The standard InChI is InChI=1S/C42H26BNO2/c1-2-11-27(12-3-1)29-21-22-40-36(25-29)43-42-35(34-17-6-9-20-39(34)46-43)24-30(26-41(42)45-40)28-13-10-14-31(23-28)44-37-18-7-4-15-32(37)33-16-5-8-19-38(33)44/h1-26H. The maximum Gasteiger partial charge on any atom is 0.434 e. The normalized spacial score (nSPS) is 12.7. The van der Waals surface area contributed by atoms with Gasteiger partial charge in [0.1, 0.15) is 17.2 Å². The van der Waals surface area contributed by atoms with Gasteiger partial charge in [-0.2, -0.15) is 0 Å². The minimum atomic E-state index is -0.259. The average Bonchev–Trinajstić information content (AvgIpc) is 3.46. The first-order valence-corrected chi connectivity index (χ1v) is 15.7. The zero-order valence-electron chi connectivity index (χ0n) is 24.9. The first-order valence-electron chi connectivity index (χ1n) is 15.7. The molecule has 0 aliphatic carbocycles. The second kappa shape index (κ2) is 9.75. The van der Waals surface area contributed by atoms with Crippen molar-refractivity contribution in [2.75, 3.05) is 0 Å². The molecule has 2 aliphatic rings. The lowest BCUT2D eigenvalue weighted by Gasteiger charge is -2.33. The van der Waals surface area contributed by atoms with Crippen LogP contribution >= 0.6 is 0 Å². The van der Waals surface area contributed by atoms with Crippen molar-refractivity contribution in [3.8, 4) is 56.3 Å². The van der Waals surface area contributed by atoms with Gasteiger partial charge in [-0.05, 0) is 76.3 Å². The number of nitrogens with zero attached hydrogens (tertiary/aromatic N) is 1. The van der Waals surface area contributed by atoms with Gasteiger partial charge in [-0.15, -0.1) is 0 Å². The third-order valence-corrected chi connectivity index (χ3v) is 9.46. The van der Waals surface area contributed by atoms with E-state index >= 15 is 0 Å². The van der Waals surface area contributed by atoms with E-state index in [0.717, 1.165) is 61.7 Å². The van der Waals surface area contributed by atoms with Crippen molar-refractivity contribution >= 4 is 39.6 Å². The van der Waals surface area contributed by atoms with Crippen LogP contribution in [0.3, 0.4) is 0 Å². The van der Waals surface area contributed by atoms with Gasteiger partial charge in [-0.25, -0.2) is 0 Å². The molecule has 8 aromatic rings. The van der Waals surface area contributed by atoms with Crippen molar-refractivity contribution < 1.29 is 9.39 Å². The number of para-hydroxylation sites is 3. The molecule has 0 unspecified atom stereocenters. The van der Waals surface area contributed by atoms with E-state index in [1.165, 1.54) is 27.4 Å². The molecule has 0 radical (unpaired) electrons. The first kappa shape index (κ1) is 25.3. The van der Waals surface area contributed by atoms with Crippen molar-refractivity contribution in [2.45, 2.75) is 0 Å². The summed E-state index contributed by atoms with van der Waals surface area (Å²) in [5.74, 6) is 2.56. The second-order valence-electron chi connectivity index (χ2n) is 12.1. The summed E-state index contributed by atoms with van der Waals surface area (Å²) in [7, 11) is 0. The number of hydrogen-bond acceptors (Lipinski definition) is 2. The molecule has 214 valence electrons. The molecule has 46 heavy (non-hydrogen) atoms. The highest BCUT2D eigenvalue weighted by atomic mass is 16.5. The van der Waals surface area contributed by atoms with E-state index in [9.17, 15) is 0 Å². The van der Waals surface area contributed by atoms with E-state index in [1.807, 2.05) is 12.1 Å². The Kier molecular flexibility index (Phi) is 5.37. The molecule has 4 heteroatoms. The third-order valence-electron chi connectivity index (χ3n) is 9.46. The smallest absolute Gasteiger partial charge is 0.434 e. The minimum absolute atomic E-state index is 0.259. The number of rotatable bonds is 3. The number of fused-ring (bicyclic) bond motifs is 7. The Morgan fingerprint density at radius 2 is 1.13 bits per heavy atom. The fraction of sp³-hybridized carbons (Fsp3) is 0. The summed E-state index contributed by atoms with van der Waals surface area (Å²) in [6.45, 7) is -0.259. The van der Waals surface area contributed by atoms with Crippen molar-refractivity contribution in [2.24, 2.45) is 0 Å². The van der Waals surface area contributed by atoms with Crippen molar-refractivity contribution in [1.29, 1.82) is 0 Å². The number of benzene rings is 7. The lowest BCUT2D eigenvalue weighted by molar-refractivity contribution is 0.479. The van der Waals surface area contributed by atoms with Gasteiger partial charge in [0, 0.05) is 32.9 Å². The molecule has 3 nitrogen and oxygen atoms in total. The van der Waals surface area contributed by atoms with Crippen LogP contribution in [0.4, 0.5) is 0 Å². The van der Waals surface area contributed by atoms with Gasteiger partial charge in [0.2, 0.25) is 0 Å². The average molecular weight is 587 g/mol. The van der Waals surface area contributed by atoms with Gasteiger partial charge in [-0.1, -0.05) is 109 Å². The quantitative estimate of drug-likeness (QED) is 0.192. The number of ether oxygens (including phenoxy) is 1. The van der Waals surface area contributed by atoms with Gasteiger partial charge in [-0.3, -0.25) is 0 Å². The Balaban J connectivity index is 1.15. The van der Waals surface area contributed by atoms with E-state index < -0.39 is 0 Å². The van der Waals surface area contributed by atoms with E-state index in [0.29, 0.717) is 0 Å². The summed E-state index contributed by atoms with van der Waals surface area (Å²) >= 11 is 0. The summed E-state index contributed by atoms with van der Waals surface area (Å²) in [5, 5.41) is 2.51. The molecular formula is C42H26BNO2. The summed E-state index contributed by atoms with van der Waals surface area (Å²) in [6, 6.07) is 55.9. The molecule has 0 N–H and O–H groups in total. The Hall–Kier alpha value is -6.00. The van der Waals surface area contributed by atoms with E-state index in [4.69, 9.17) is 9.39 Å². The molecule has 0 spiro atoms. The maximum absolute atomic E-state index is 6.77. The predicted octanol–water partition coefficient (Wildman–Crippen LogP) is 9.39. The van der Waals surface area contributed by atoms with Crippen LogP contribution in [0.2, 0.25) is 0 Å². The summed E-state index contributed by atoms with van der Waals surface area (Å²) < 4.78 is 15.9. The Bertz CT molecular complexity index is 2440.